The van der Waals surface area contributed by atoms with Gasteiger partial charge in [-0.1, -0.05) is 6.07 Å². The van der Waals surface area contributed by atoms with Crippen LogP contribution in [0.4, 0.5) is 0 Å². The summed E-state index contributed by atoms with van der Waals surface area (Å²) in [6.07, 6.45) is 4.87. The Labute approximate surface area is 145 Å². The zero-order chi connectivity index (χ0) is 17.2. The minimum atomic E-state index is -0.160. The van der Waals surface area contributed by atoms with Gasteiger partial charge in [0, 0.05) is 38.2 Å². The Morgan fingerprint density at radius 3 is 2.76 bits per heavy atom. The second-order valence-electron chi connectivity index (χ2n) is 6.22. The molecule has 2 fully saturated rings. The molecular formula is C18H18N4O3. The van der Waals surface area contributed by atoms with Crippen molar-refractivity contribution in [2.75, 3.05) is 19.7 Å². The van der Waals surface area contributed by atoms with Crippen LogP contribution in [0, 0.1) is 0 Å². The lowest BCUT2D eigenvalue weighted by Crippen LogP contribution is -2.53. The molecule has 7 heteroatoms. The summed E-state index contributed by atoms with van der Waals surface area (Å²) < 4.78 is 5.68. The van der Waals surface area contributed by atoms with Crippen molar-refractivity contribution in [2.24, 2.45) is 0 Å². The molecule has 25 heavy (non-hydrogen) atoms. The van der Waals surface area contributed by atoms with E-state index < -0.39 is 0 Å². The zero-order valence-electron chi connectivity index (χ0n) is 13.6. The first-order valence-corrected chi connectivity index (χ1v) is 8.22. The first-order valence-electron chi connectivity index (χ1n) is 8.22. The fourth-order valence-electron chi connectivity index (χ4n) is 3.37. The van der Waals surface area contributed by atoms with Gasteiger partial charge in [0.25, 0.3) is 5.91 Å². The molecule has 7 nitrogen and oxygen atoms in total. The zero-order valence-corrected chi connectivity index (χ0v) is 13.6. The van der Waals surface area contributed by atoms with Crippen molar-refractivity contribution in [3.8, 4) is 0 Å². The van der Waals surface area contributed by atoms with Crippen LogP contribution in [0.3, 0.4) is 0 Å². The lowest BCUT2D eigenvalue weighted by atomic mass is 10.1. The van der Waals surface area contributed by atoms with Crippen LogP contribution in [-0.2, 0) is 16.1 Å². The highest BCUT2D eigenvalue weighted by Crippen LogP contribution is 2.26. The summed E-state index contributed by atoms with van der Waals surface area (Å²) in [4.78, 5) is 36.7. The SMILES string of the molecule is O=C(c1ccccn1)N1C[C@@H]2OCC(=O)N(Cc3ccncc3)[C@@H]2C1. The summed E-state index contributed by atoms with van der Waals surface area (Å²) in [6.45, 7) is 1.48. The third-order valence-electron chi connectivity index (χ3n) is 4.65. The van der Waals surface area contributed by atoms with Gasteiger partial charge in [-0.2, -0.15) is 0 Å². The van der Waals surface area contributed by atoms with Crippen LogP contribution in [0.1, 0.15) is 16.1 Å². The number of hydrogen-bond donors (Lipinski definition) is 0. The molecule has 0 saturated carbocycles. The Morgan fingerprint density at radius 1 is 1.16 bits per heavy atom. The molecule has 0 spiro atoms. The van der Waals surface area contributed by atoms with E-state index in [0.717, 1.165) is 5.56 Å². The number of hydrogen-bond acceptors (Lipinski definition) is 5. The average molecular weight is 338 g/mol. The van der Waals surface area contributed by atoms with Gasteiger partial charge in [0.1, 0.15) is 12.3 Å². The first kappa shape index (κ1) is 15.7. The number of carbonyl (C=O) groups excluding carboxylic acids is 2. The van der Waals surface area contributed by atoms with Gasteiger partial charge >= 0.3 is 0 Å². The van der Waals surface area contributed by atoms with Gasteiger partial charge in [-0.15, -0.1) is 0 Å². The monoisotopic (exact) mass is 338 g/mol. The second kappa shape index (κ2) is 6.60. The van der Waals surface area contributed by atoms with E-state index in [1.165, 1.54) is 0 Å². The average Bonchev–Trinajstić information content (AvgIpc) is 3.10. The number of fused-ring (bicyclic) bond motifs is 1. The number of likely N-dealkylation sites (tertiary alicyclic amines) is 1. The maximum absolute atomic E-state index is 12.6. The van der Waals surface area contributed by atoms with Crippen molar-refractivity contribution >= 4 is 11.8 Å². The molecule has 0 aliphatic carbocycles. The summed E-state index contributed by atoms with van der Waals surface area (Å²) >= 11 is 0. The van der Waals surface area contributed by atoms with Crippen LogP contribution in [-0.4, -0.2) is 63.4 Å². The Hall–Kier alpha value is -2.80. The fourth-order valence-corrected chi connectivity index (χ4v) is 3.37. The number of amides is 2. The van der Waals surface area contributed by atoms with E-state index in [1.807, 2.05) is 17.0 Å². The van der Waals surface area contributed by atoms with E-state index in [9.17, 15) is 9.59 Å². The number of nitrogens with zero attached hydrogens (tertiary/aromatic N) is 4. The molecule has 0 unspecified atom stereocenters. The van der Waals surface area contributed by atoms with Gasteiger partial charge in [-0.3, -0.25) is 19.6 Å². The standard InChI is InChI=1S/C18H18N4O3/c23-17-12-25-16-11-21(18(24)14-3-1-2-6-20-14)10-15(16)22(17)9-13-4-7-19-8-5-13/h1-8,15-16H,9-12H2/t15-,16+/m1/s1. The van der Waals surface area contributed by atoms with E-state index in [2.05, 4.69) is 9.97 Å². The number of morpholine rings is 1. The Morgan fingerprint density at radius 2 is 2.00 bits per heavy atom. The molecule has 2 amide bonds. The predicted molar refractivity (Wildman–Crippen MR) is 88.5 cm³/mol. The summed E-state index contributed by atoms with van der Waals surface area (Å²) in [7, 11) is 0. The molecule has 2 aliphatic heterocycles. The maximum atomic E-state index is 12.6. The fraction of sp³-hybridized carbons (Fsp3) is 0.333. The largest absolute Gasteiger partial charge is 0.364 e. The summed E-state index contributed by atoms with van der Waals surface area (Å²) in [6, 6.07) is 8.91. The van der Waals surface area contributed by atoms with Crippen molar-refractivity contribution in [1.29, 1.82) is 0 Å². The van der Waals surface area contributed by atoms with E-state index in [-0.39, 0.29) is 30.6 Å². The molecule has 2 saturated heterocycles. The van der Waals surface area contributed by atoms with Crippen LogP contribution in [0.15, 0.2) is 48.9 Å². The van der Waals surface area contributed by atoms with Gasteiger partial charge in [0.15, 0.2) is 0 Å². The molecule has 128 valence electrons. The molecule has 2 aliphatic rings. The molecule has 4 heterocycles. The molecule has 2 aromatic heterocycles. The van der Waals surface area contributed by atoms with E-state index in [0.29, 0.717) is 25.3 Å². The van der Waals surface area contributed by atoms with Gasteiger partial charge in [0.2, 0.25) is 5.91 Å². The molecule has 4 rings (SSSR count). The quantitative estimate of drug-likeness (QED) is 0.825. The number of pyridine rings is 2. The van der Waals surface area contributed by atoms with Crippen LogP contribution in [0.25, 0.3) is 0 Å². The lowest BCUT2D eigenvalue weighted by Gasteiger charge is -2.36. The van der Waals surface area contributed by atoms with Gasteiger partial charge in [-0.25, -0.2) is 0 Å². The van der Waals surface area contributed by atoms with Gasteiger partial charge in [-0.05, 0) is 29.8 Å². The Kier molecular flexibility index (Phi) is 4.15. The Bertz CT molecular complexity index is 768. The van der Waals surface area contributed by atoms with E-state index >= 15 is 0 Å². The van der Waals surface area contributed by atoms with Gasteiger partial charge < -0.3 is 14.5 Å². The highest BCUT2D eigenvalue weighted by atomic mass is 16.5. The smallest absolute Gasteiger partial charge is 0.272 e. The van der Waals surface area contributed by atoms with Crippen LogP contribution >= 0.6 is 0 Å². The normalized spacial score (nSPS) is 22.8. The molecule has 0 radical (unpaired) electrons. The minimum absolute atomic E-state index is 0.0507. The van der Waals surface area contributed by atoms with Crippen molar-refractivity contribution in [2.45, 2.75) is 18.7 Å². The third kappa shape index (κ3) is 3.10. The van der Waals surface area contributed by atoms with E-state index in [1.54, 1.807) is 41.7 Å². The molecule has 0 N–H and O–H groups in total. The molecular weight excluding hydrogens is 320 g/mol. The number of carbonyl (C=O) groups is 2. The highest BCUT2D eigenvalue weighted by molar-refractivity contribution is 5.92. The Balaban J connectivity index is 1.52. The number of aromatic nitrogens is 2. The summed E-state index contributed by atoms with van der Waals surface area (Å²) in [5.41, 5.74) is 1.42. The van der Waals surface area contributed by atoms with Crippen molar-refractivity contribution < 1.29 is 14.3 Å². The van der Waals surface area contributed by atoms with Crippen LogP contribution in [0.2, 0.25) is 0 Å². The minimum Gasteiger partial charge on any atom is -0.364 e. The predicted octanol–water partition coefficient (Wildman–Crippen LogP) is 0.729. The van der Waals surface area contributed by atoms with Gasteiger partial charge in [0.05, 0.1) is 12.1 Å². The highest BCUT2D eigenvalue weighted by Gasteiger charge is 2.44. The molecule has 0 bridgehead atoms. The molecule has 2 atom stereocenters. The maximum Gasteiger partial charge on any atom is 0.272 e. The molecule has 0 aromatic carbocycles. The second-order valence-corrected chi connectivity index (χ2v) is 6.22. The molecule has 2 aromatic rings. The van der Waals surface area contributed by atoms with E-state index in [4.69, 9.17) is 4.74 Å². The number of ether oxygens (including phenoxy) is 1. The first-order chi connectivity index (χ1) is 12.2. The van der Waals surface area contributed by atoms with Crippen LogP contribution in [0.5, 0.6) is 0 Å². The summed E-state index contributed by atoms with van der Waals surface area (Å²) in [5.74, 6) is -0.180. The van der Waals surface area contributed by atoms with Crippen molar-refractivity contribution in [1.82, 2.24) is 19.8 Å². The van der Waals surface area contributed by atoms with Crippen molar-refractivity contribution in [3.05, 3.63) is 60.2 Å². The lowest BCUT2D eigenvalue weighted by molar-refractivity contribution is -0.153. The van der Waals surface area contributed by atoms with Crippen molar-refractivity contribution in [3.63, 3.8) is 0 Å². The third-order valence-corrected chi connectivity index (χ3v) is 4.65. The number of rotatable bonds is 3. The summed E-state index contributed by atoms with van der Waals surface area (Å²) in [5, 5.41) is 0. The topological polar surface area (TPSA) is 75.6 Å². The van der Waals surface area contributed by atoms with Crippen LogP contribution < -0.4 is 0 Å².